The molecule has 2 aromatic rings. The van der Waals surface area contributed by atoms with E-state index in [0.717, 1.165) is 5.57 Å². The fourth-order valence-electron chi connectivity index (χ4n) is 1.18. The maximum absolute atomic E-state index is 7.51. The average Bonchev–Trinajstić information content (AvgIpc) is 2.70. The Balaban J connectivity index is 0. The number of rotatable bonds is 3. The molecule has 2 rings (SSSR count). The molecule has 0 N–H and O–H groups in total. The van der Waals surface area contributed by atoms with Gasteiger partial charge in [0, 0.05) is 6.08 Å². The van der Waals surface area contributed by atoms with E-state index >= 15 is 0 Å². The summed E-state index contributed by atoms with van der Waals surface area (Å²) in [5.41, 5.74) is 3.37. The lowest BCUT2D eigenvalue weighted by molar-refractivity contribution is 1.54. The SMILES string of the molecule is C=CC#N.C=CC(=C)C.C=Cc1ccccc1.C=Cc1ccccc1. The summed E-state index contributed by atoms with van der Waals surface area (Å²) in [5.74, 6) is 0. The normalized spacial score (nSPS) is 7.36. The highest BCUT2D eigenvalue weighted by atomic mass is 14.2. The fraction of sp³-hybridized carbons (Fsp3) is 0.0417. The minimum atomic E-state index is 1.02. The molecule has 0 fully saturated rings. The van der Waals surface area contributed by atoms with Crippen molar-refractivity contribution >= 4 is 12.2 Å². The van der Waals surface area contributed by atoms with Crippen molar-refractivity contribution in [3.63, 3.8) is 0 Å². The molecule has 0 aliphatic rings. The molecule has 0 aromatic heterocycles. The maximum atomic E-state index is 7.51. The Morgan fingerprint density at radius 3 is 1.20 bits per heavy atom. The molecule has 1 heteroatoms. The molecule has 0 saturated heterocycles. The van der Waals surface area contributed by atoms with Gasteiger partial charge in [-0.3, -0.25) is 0 Å². The smallest absolute Gasteiger partial charge is 0.0905 e. The molecule has 1 nitrogen and oxygen atoms in total. The summed E-state index contributed by atoms with van der Waals surface area (Å²) in [4.78, 5) is 0. The third-order valence-electron chi connectivity index (χ3n) is 2.51. The van der Waals surface area contributed by atoms with Crippen molar-refractivity contribution in [3.8, 4) is 6.07 Å². The Morgan fingerprint density at radius 1 is 0.800 bits per heavy atom. The van der Waals surface area contributed by atoms with Crippen LogP contribution in [0.4, 0.5) is 0 Å². The first-order valence-corrected chi connectivity index (χ1v) is 7.69. The van der Waals surface area contributed by atoms with Gasteiger partial charge in [0.15, 0.2) is 0 Å². The highest BCUT2D eigenvalue weighted by molar-refractivity contribution is 5.46. The maximum Gasteiger partial charge on any atom is 0.0905 e. The lowest BCUT2D eigenvalue weighted by Gasteiger charge is -1.85. The summed E-state index contributed by atoms with van der Waals surface area (Å²) < 4.78 is 0. The lowest BCUT2D eigenvalue weighted by Crippen LogP contribution is -1.63. The van der Waals surface area contributed by atoms with Crippen molar-refractivity contribution in [3.05, 3.63) is 122 Å². The van der Waals surface area contributed by atoms with Crippen LogP contribution in [0.3, 0.4) is 0 Å². The zero-order valence-corrected chi connectivity index (χ0v) is 15.1. The largest absolute Gasteiger partial charge is 0.193 e. The van der Waals surface area contributed by atoms with Crippen molar-refractivity contribution in [2.75, 3.05) is 0 Å². The first-order chi connectivity index (χ1) is 12.0. The monoisotopic (exact) mass is 329 g/mol. The van der Waals surface area contributed by atoms with Crippen LogP contribution in [0.15, 0.2) is 111 Å². The van der Waals surface area contributed by atoms with E-state index in [1.165, 1.54) is 17.2 Å². The molecule has 0 aliphatic carbocycles. The van der Waals surface area contributed by atoms with Crippen LogP contribution in [0.5, 0.6) is 0 Å². The molecular weight excluding hydrogens is 302 g/mol. The fourth-order valence-corrected chi connectivity index (χ4v) is 1.18. The Labute approximate surface area is 153 Å². The van der Waals surface area contributed by atoms with Crippen LogP contribution in [0.25, 0.3) is 12.2 Å². The zero-order chi connectivity index (χ0) is 19.3. The summed E-state index contributed by atoms with van der Waals surface area (Å²) in [7, 11) is 0. The van der Waals surface area contributed by atoms with Gasteiger partial charge >= 0.3 is 0 Å². The van der Waals surface area contributed by atoms with Crippen LogP contribution < -0.4 is 0 Å². The number of hydrogen-bond acceptors (Lipinski definition) is 1. The lowest BCUT2D eigenvalue weighted by atomic mass is 10.2. The van der Waals surface area contributed by atoms with E-state index in [9.17, 15) is 0 Å². The molecule has 0 heterocycles. The highest BCUT2D eigenvalue weighted by Gasteiger charge is 1.76. The molecule has 0 aliphatic heterocycles. The Bertz CT molecular complexity index is 615. The van der Waals surface area contributed by atoms with Gasteiger partial charge in [-0.25, -0.2) is 0 Å². The Morgan fingerprint density at radius 2 is 1.08 bits per heavy atom. The number of allylic oxidation sites excluding steroid dienone is 3. The standard InChI is InChI=1S/2C8H8.C5H8.C3H3N/c2*1-2-8-6-4-3-5-7-8;1-4-5(2)3;1-2-3-4/h2*2-7H,1H2;4H,1-2H2,3H3;2H,1H2. The van der Waals surface area contributed by atoms with E-state index in [-0.39, 0.29) is 0 Å². The topological polar surface area (TPSA) is 23.8 Å². The molecular formula is C24H27N. The third kappa shape index (κ3) is 18.6. The quantitative estimate of drug-likeness (QED) is 0.435. The molecule has 0 bridgehead atoms. The molecule has 0 spiro atoms. The minimum Gasteiger partial charge on any atom is -0.193 e. The van der Waals surface area contributed by atoms with Gasteiger partial charge < -0.3 is 0 Å². The first kappa shape index (κ1) is 23.9. The molecule has 0 saturated carbocycles. The zero-order valence-electron chi connectivity index (χ0n) is 15.1. The number of benzene rings is 2. The van der Waals surface area contributed by atoms with E-state index in [1.54, 1.807) is 12.1 Å². The van der Waals surface area contributed by atoms with Gasteiger partial charge in [-0.15, -0.1) is 0 Å². The Kier molecular flexibility index (Phi) is 17.8. The molecule has 0 radical (unpaired) electrons. The van der Waals surface area contributed by atoms with Crippen LogP contribution in [-0.2, 0) is 0 Å². The predicted molar refractivity (Wildman–Crippen MR) is 114 cm³/mol. The van der Waals surface area contributed by atoms with E-state index in [1.807, 2.05) is 79.7 Å². The third-order valence-corrected chi connectivity index (χ3v) is 2.51. The van der Waals surface area contributed by atoms with Crippen molar-refractivity contribution < 1.29 is 0 Å². The van der Waals surface area contributed by atoms with Crippen LogP contribution in [-0.4, -0.2) is 0 Å². The molecule has 0 amide bonds. The van der Waals surface area contributed by atoms with Crippen LogP contribution >= 0.6 is 0 Å². The van der Waals surface area contributed by atoms with Crippen molar-refractivity contribution in [1.82, 2.24) is 0 Å². The van der Waals surface area contributed by atoms with Gasteiger partial charge in [-0.1, -0.05) is 117 Å². The second kappa shape index (κ2) is 18.7. The number of nitrogens with zero attached hydrogens (tertiary/aromatic N) is 1. The summed E-state index contributed by atoms with van der Waals surface area (Å²) >= 11 is 0. The summed E-state index contributed by atoms with van der Waals surface area (Å²) in [6.07, 6.45) is 6.57. The van der Waals surface area contributed by atoms with Crippen molar-refractivity contribution in [1.29, 1.82) is 5.26 Å². The predicted octanol–water partition coefficient (Wildman–Crippen LogP) is 7.10. The Hall–Kier alpha value is -3.37. The first-order valence-electron chi connectivity index (χ1n) is 7.69. The van der Waals surface area contributed by atoms with Crippen LogP contribution in [0, 0.1) is 11.3 Å². The van der Waals surface area contributed by atoms with Gasteiger partial charge in [0.05, 0.1) is 6.07 Å². The van der Waals surface area contributed by atoms with Gasteiger partial charge in [-0.05, 0) is 18.1 Å². The number of hydrogen-bond donors (Lipinski definition) is 0. The second-order valence-electron chi connectivity index (χ2n) is 4.61. The van der Waals surface area contributed by atoms with Gasteiger partial charge in [0.2, 0.25) is 0 Å². The summed E-state index contributed by atoms with van der Waals surface area (Å²) in [6, 6.07) is 21.8. The second-order valence-corrected chi connectivity index (χ2v) is 4.61. The molecule has 2 aromatic carbocycles. The van der Waals surface area contributed by atoms with Gasteiger partial charge in [-0.2, -0.15) is 5.26 Å². The molecule has 128 valence electrons. The molecule has 0 atom stereocenters. The van der Waals surface area contributed by atoms with E-state index in [4.69, 9.17) is 5.26 Å². The molecule has 25 heavy (non-hydrogen) atoms. The average molecular weight is 329 g/mol. The van der Waals surface area contributed by atoms with Crippen LogP contribution in [0.2, 0.25) is 0 Å². The van der Waals surface area contributed by atoms with Crippen molar-refractivity contribution in [2.24, 2.45) is 0 Å². The minimum absolute atomic E-state index is 1.02. The van der Waals surface area contributed by atoms with E-state index in [0.29, 0.717) is 0 Å². The van der Waals surface area contributed by atoms with Crippen molar-refractivity contribution in [2.45, 2.75) is 6.92 Å². The van der Waals surface area contributed by atoms with Crippen LogP contribution in [0.1, 0.15) is 18.1 Å². The number of nitriles is 1. The van der Waals surface area contributed by atoms with E-state index in [2.05, 4.69) is 32.9 Å². The van der Waals surface area contributed by atoms with Gasteiger partial charge in [0.1, 0.15) is 0 Å². The highest BCUT2D eigenvalue weighted by Crippen LogP contribution is 1.98. The summed E-state index contributed by atoms with van der Waals surface area (Å²) in [6.45, 7) is 19.3. The van der Waals surface area contributed by atoms with Gasteiger partial charge in [0.25, 0.3) is 0 Å². The molecule has 0 unspecified atom stereocenters. The van der Waals surface area contributed by atoms with E-state index < -0.39 is 0 Å². The summed E-state index contributed by atoms with van der Waals surface area (Å²) in [5, 5.41) is 7.51.